The van der Waals surface area contributed by atoms with E-state index in [1.165, 1.54) is 23.5 Å². The Kier molecular flexibility index (Phi) is 8.83. The molecule has 0 atom stereocenters. The Morgan fingerprint density at radius 2 is 1.85 bits per heavy atom. The van der Waals surface area contributed by atoms with Crippen molar-refractivity contribution in [2.24, 2.45) is 7.05 Å². The zero-order valence-corrected chi connectivity index (χ0v) is 24.7. The van der Waals surface area contributed by atoms with E-state index in [0.717, 1.165) is 36.1 Å². The van der Waals surface area contributed by atoms with Gasteiger partial charge in [0.2, 0.25) is 5.69 Å². The third-order valence-corrected chi connectivity index (χ3v) is 9.46. The van der Waals surface area contributed by atoms with E-state index in [0.29, 0.717) is 11.6 Å². The molecule has 0 saturated heterocycles. The van der Waals surface area contributed by atoms with Gasteiger partial charge in [-0.1, -0.05) is 47.1 Å². The van der Waals surface area contributed by atoms with Crippen LogP contribution in [0.25, 0.3) is 11.1 Å². The minimum atomic E-state index is -4.27. The predicted molar refractivity (Wildman–Crippen MR) is 157 cm³/mol. The van der Waals surface area contributed by atoms with Crippen LogP contribution in [0.15, 0.2) is 94.1 Å². The molecule has 4 aromatic rings. The van der Waals surface area contributed by atoms with Gasteiger partial charge in [-0.15, -0.1) is 17.9 Å². The molecule has 0 spiro atoms. The smallest absolute Gasteiger partial charge is 0.272 e. The number of allylic oxidation sites excluding steroid dienone is 1. The third-order valence-electron chi connectivity index (χ3n) is 5.89. The summed E-state index contributed by atoms with van der Waals surface area (Å²) in [6, 6.07) is 17.6. The number of hydrogen-bond donors (Lipinski definition) is 0. The first-order valence-electron chi connectivity index (χ1n) is 11.7. The van der Waals surface area contributed by atoms with Gasteiger partial charge in [-0.05, 0) is 43.3 Å². The van der Waals surface area contributed by atoms with E-state index in [-0.39, 0.29) is 10.5 Å². The van der Waals surface area contributed by atoms with Crippen molar-refractivity contribution in [1.82, 2.24) is 4.57 Å². The summed E-state index contributed by atoms with van der Waals surface area (Å²) in [5.41, 5.74) is 2.98. The fourth-order valence-corrected chi connectivity index (χ4v) is 6.83. The van der Waals surface area contributed by atoms with Gasteiger partial charge in [0.05, 0.1) is 10.6 Å². The summed E-state index contributed by atoms with van der Waals surface area (Å²) in [4.78, 5) is 16.2. The second-order valence-electron chi connectivity index (χ2n) is 8.70. The molecule has 3 heterocycles. The van der Waals surface area contributed by atoms with E-state index < -0.39 is 10.1 Å². The van der Waals surface area contributed by atoms with E-state index in [1.807, 2.05) is 79.2 Å². The molecule has 7 nitrogen and oxygen atoms in total. The van der Waals surface area contributed by atoms with Crippen LogP contribution in [0.4, 0.5) is 5.69 Å². The van der Waals surface area contributed by atoms with Gasteiger partial charge in [-0.3, -0.25) is 9.36 Å². The lowest BCUT2D eigenvalue weighted by Crippen LogP contribution is -2.35. The van der Waals surface area contributed by atoms with Gasteiger partial charge in [0.1, 0.15) is 31.4 Å². The normalized spacial score (nSPS) is 14.6. The van der Waals surface area contributed by atoms with Crippen molar-refractivity contribution in [2.45, 2.75) is 23.3 Å². The Bertz CT molecular complexity index is 1830. The standard InChI is InChI=1S/C21H19ClN3OS2.C7H8O3S/c1-4-10-25-18(13-15-7-5-6-11-23(15)2)28-19(20(25)26)21-24(3)16-12-14(22)8-9-17(16)27-21;1-6-2-4-7(5-3-6)11(8,9)10/h4-9,11-13H,1,10H2,2-3H3;2-5H,1H3,(H,8,9,10)/q+1;/p-1/b21-19-;. The molecule has 0 amide bonds. The Hall–Kier alpha value is -3.15. The van der Waals surface area contributed by atoms with Crippen LogP contribution in [0.5, 0.6) is 0 Å². The molecular formula is C28H26ClN3O4S3. The molecular weight excluding hydrogens is 574 g/mol. The average molecular weight is 600 g/mol. The Labute approximate surface area is 240 Å². The molecule has 1 aliphatic heterocycles. The van der Waals surface area contributed by atoms with Gasteiger partial charge in [-0.25, -0.2) is 13.0 Å². The van der Waals surface area contributed by atoms with Crippen LogP contribution in [-0.2, 0) is 23.7 Å². The number of rotatable bonds is 4. The Morgan fingerprint density at radius 3 is 2.49 bits per heavy atom. The van der Waals surface area contributed by atoms with Crippen LogP contribution in [0.3, 0.4) is 0 Å². The summed E-state index contributed by atoms with van der Waals surface area (Å²) in [5, 5.41) is 1.62. The van der Waals surface area contributed by atoms with Gasteiger partial charge in [0.15, 0.2) is 6.20 Å². The number of anilines is 1. The van der Waals surface area contributed by atoms with Crippen molar-refractivity contribution < 1.29 is 17.5 Å². The quantitative estimate of drug-likeness (QED) is 0.202. The number of aryl methyl sites for hydroxylation is 2. The number of pyridine rings is 1. The molecule has 2 aromatic heterocycles. The molecule has 11 heteroatoms. The highest BCUT2D eigenvalue weighted by Crippen LogP contribution is 2.46. The minimum absolute atomic E-state index is 0.00277. The highest BCUT2D eigenvalue weighted by atomic mass is 35.5. The summed E-state index contributed by atoms with van der Waals surface area (Å²) in [6.45, 7) is 6.11. The van der Waals surface area contributed by atoms with Crippen LogP contribution < -0.4 is 24.2 Å². The minimum Gasteiger partial charge on any atom is -0.744 e. The Morgan fingerprint density at radius 1 is 1.13 bits per heavy atom. The number of halogens is 1. The maximum Gasteiger partial charge on any atom is 0.272 e. The van der Waals surface area contributed by atoms with Gasteiger partial charge in [-0.2, -0.15) is 0 Å². The predicted octanol–water partition coefficient (Wildman–Crippen LogP) is 3.61. The summed E-state index contributed by atoms with van der Waals surface area (Å²) < 4.78 is 36.6. The van der Waals surface area contributed by atoms with Crippen molar-refractivity contribution in [3.05, 3.63) is 115 Å². The average Bonchev–Trinajstić information content (AvgIpc) is 3.37. The SMILES string of the molecule is C=CCn1c(=O)/c(=C2/Sc3ccc(Cl)cc3N2C)s/c1=C/c1cccc[n+]1C.Cc1ccc(S(=O)(=O)[O-])cc1. The molecule has 0 bridgehead atoms. The number of thiazole rings is 1. The molecule has 2 aromatic carbocycles. The monoisotopic (exact) mass is 599 g/mol. The molecule has 0 N–H and O–H groups in total. The van der Waals surface area contributed by atoms with Crippen molar-refractivity contribution in [1.29, 1.82) is 0 Å². The van der Waals surface area contributed by atoms with Crippen LogP contribution in [-0.4, -0.2) is 24.6 Å². The van der Waals surface area contributed by atoms with Crippen molar-refractivity contribution >= 4 is 61.6 Å². The number of benzene rings is 2. The second-order valence-corrected chi connectivity index (χ2v) is 12.6. The van der Waals surface area contributed by atoms with Crippen molar-refractivity contribution in [3.8, 4) is 0 Å². The number of nitrogens with zero attached hydrogens (tertiary/aromatic N) is 3. The topological polar surface area (TPSA) is 86.3 Å². The molecule has 0 radical (unpaired) electrons. The fraction of sp³-hybridized carbons (Fsp3) is 0.143. The summed E-state index contributed by atoms with van der Waals surface area (Å²) in [5.74, 6) is 0. The highest BCUT2D eigenvalue weighted by Gasteiger charge is 2.25. The number of thioether (sulfide) groups is 1. The van der Waals surface area contributed by atoms with E-state index in [2.05, 4.69) is 6.58 Å². The lowest BCUT2D eigenvalue weighted by molar-refractivity contribution is -0.673. The van der Waals surface area contributed by atoms with Crippen molar-refractivity contribution in [3.63, 3.8) is 0 Å². The first kappa shape index (κ1) is 28.8. The second kappa shape index (κ2) is 11.9. The maximum absolute atomic E-state index is 13.2. The fourth-order valence-electron chi connectivity index (χ4n) is 3.81. The van der Waals surface area contributed by atoms with Crippen LogP contribution in [0, 0.1) is 6.92 Å². The molecule has 5 rings (SSSR count). The van der Waals surface area contributed by atoms with E-state index >= 15 is 0 Å². The molecule has 0 saturated carbocycles. The van der Waals surface area contributed by atoms with Gasteiger partial charge < -0.3 is 9.45 Å². The Balaban J connectivity index is 0.000000270. The van der Waals surface area contributed by atoms with E-state index in [1.54, 1.807) is 34.5 Å². The molecule has 0 aliphatic carbocycles. The highest BCUT2D eigenvalue weighted by molar-refractivity contribution is 8.08. The number of hydrogen-bond acceptors (Lipinski definition) is 7. The lowest BCUT2D eigenvalue weighted by atomic mass is 10.2. The first-order valence-corrected chi connectivity index (χ1v) is 15.2. The summed E-state index contributed by atoms with van der Waals surface area (Å²) in [6.07, 6.45) is 5.79. The lowest BCUT2D eigenvalue weighted by Gasteiger charge is -2.12. The largest absolute Gasteiger partial charge is 0.744 e. The van der Waals surface area contributed by atoms with Gasteiger partial charge >= 0.3 is 0 Å². The zero-order chi connectivity index (χ0) is 28.3. The van der Waals surface area contributed by atoms with Gasteiger partial charge in [0.25, 0.3) is 5.56 Å². The van der Waals surface area contributed by atoms with Crippen LogP contribution >= 0.6 is 34.7 Å². The first-order chi connectivity index (χ1) is 18.5. The number of aromatic nitrogens is 2. The molecule has 1 aliphatic rings. The van der Waals surface area contributed by atoms with E-state index in [4.69, 9.17) is 11.6 Å². The molecule has 0 fully saturated rings. The van der Waals surface area contributed by atoms with Crippen LogP contribution in [0.1, 0.15) is 11.3 Å². The van der Waals surface area contributed by atoms with Crippen molar-refractivity contribution in [2.75, 3.05) is 11.9 Å². The van der Waals surface area contributed by atoms with Gasteiger partial charge in [0, 0.05) is 41.7 Å². The summed E-state index contributed by atoms with van der Waals surface area (Å²) in [7, 11) is -0.303. The molecule has 202 valence electrons. The molecule has 39 heavy (non-hydrogen) atoms. The number of fused-ring (bicyclic) bond motifs is 1. The summed E-state index contributed by atoms with van der Waals surface area (Å²) >= 11 is 9.28. The molecule has 0 unspecified atom stereocenters. The zero-order valence-electron chi connectivity index (χ0n) is 21.5. The van der Waals surface area contributed by atoms with Crippen LogP contribution in [0.2, 0.25) is 5.02 Å². The van der Waals surface area contributed by atoms with E-state index in [9.17, 15) is 17.8 Å². The maximum atomic E-state index is 13.2. The third kappa shape index (κ3) is 6.54.